The molecule has 0 unspecified atom stereocenters. The molecule has 0 radical (unpaired) electrons. The topological polar surface area (TPSA) is 43.6 Å². The van der Waals surface area contributed by atoms with Crippen LogP contribution in [0, 0.1) is 0 Å². The maximum Gasteiger partial charge on any atom is 0.340 e. The van der Waals surface area contributed by atoms with E-state index < -0.39 is 0 Å². The Kier molecular flexibility index (Phi) is 4.22. The summed E-state index contributed by atoms with van der Waals surface area (Å²) in [4.78, 5) is 18.0. The van der Waals surface area contributed by atoms with Gasteiger partial charge in [-0.3, -0.25) is 0 Å². The number of benzene rings is 2. The molecule has 0 N–H and O–H groups in total. The van der Waals surface area contributed by atoms with Crippen molar-refractivity contribution in [2.75, 3.05) is 6.61 Å². The SMILES string of the molecule is CCOC(=O)c1c2c3ccccc3nc(-c3cccc(Cl)c3)c2n2ccccc12. The number of esters is 1. The first-order valence-electron chi connectivity index (χ1n) is 9.43. The van der Waals surface area contributed by atoms with E-state index in [0.717, 1.165) is 38.6 Å². The van der Waals surface area contributed by atoms with Gasteiger partial charge in [0.2, 0.25) is 0 Å². The second-order valence-corrected chi connectivity index (χ2v) is 7.20. The minimum atomic E-state index is -0.334. The summed E-state index contributed by atoms with van der Waals surface area (Å²) in [5, 5.41) is 2.40. The predicted molar refractivity (Wildman–Crippen MR) is 117 cm³/mol. The van der Waals surface area contributed by atoms with Crippen molar-refractivity contribution in [3.05, 3.63) is 83.5 Å². The average Bonchev–Trinajstić information content (AvgIpc) is 3.09. The number of halogens is 1. The van der Waals surface area contributed by atoms with Gasteiger partial charge in [0.1, 0.15) is 0 Å². The van der Waals surface area contributed by atoms with E-state index in [4.69, 9.17) is 21.3 Å². The number of hydrogen-bond acceptors (Lipinski definition) is 3. The molecule has 0 aliphatic rings. The van der Waals surface area contributed by atoms with Crippen LogP contribution in [0.1, 0.15) is 17.3 Å². The lowest BCUT2D eigenvalue weighted by Gasteiger charge is -2.09. The maximum atomic E-state index is 13.0. The third-order valence-corrected chi connectivity index (χ3v) is 5.29. The molecule has 0 saturated heterocycles. The van der Waals surface area contributed by atoms with Crippen LogP contribution in [-0.4, -0.2) is 22.0 Å². The summed E-state index contributed by atoms with van der Waals surface area (Å²) in [6.45, 7) is 2.13. The van der Waals surface area contributed by atoms with Crippen molar-refractivity contribution in [1.29, 1.82) is 0 Å². The summed E-state index contributed by atoms with van der Waals surface area (Å²) >= 11 is 6.27. The third kappa shape index (κ3) is 2.76. The molecule has 0 spiro atoms. The molecular formula is C24H17ClN2O2. The van der Waals surface area contributed by atoms with E-state index in [0.29, 0.717) is 17.2 Å². The summed E-state index contributed by atoms with van der Waals surface area (Å²) in [5.41, 5.74) is 4.71. The Balaban J connectivity index is 2.04. The first kappa shape index (κ1) is 17.7. The Morgan fingerprint density at radius 2 is 1.90 bits per heavy atom. The van der Waals surface area contributed by atoms with Gasteiger partial charge in [0.25, 0.3) is 0 Å². The van der Waals surface area contributed by atoms with Crippen molar-refractivity contribution in [3.8, 4) is 11.3 Å². The first-order valence-corrected chi connectivity index (χ1v) is 9.81. The van der Waals surface area contributed by atoms with Crippen molar-refractivity contribution in [1.82, 2.24) is 9.38 Å². The zero-order valence-corrected chi connectivity index (χ0v) is 16.5. The number of carbonyl (C=O) groups excluding carboxylic acids is 1. The standard InChI is InChI=1S/C24H17ClN2O2/c1-2-29-24(28)21-19-12-5-6-13-27(19)23-20(21)17-10-3-4-11-18(17)26-22(23)15-8-7-9-16(25)14-15/h3-14H,2H2,1H3. The van der Waals surface area contributed by atoms with E-state index in [2.05, 4.69) is 0 Å². The zero-order chi connectivity index (χ0) is 20.0. The highest BCUT2D eigenvalue weighted by molar-refractivity contribution is 6.31. The largest absolute Gasteiger partial charge is 0.462 e. The quantitative estimate of drug-likeness (QED) is 0.342. The third-order valence-electron chi connectivity index (χ3n) is 5.05. The van der Waals surface area contributed by atoms with Crippen molar-refractivity contribution < 1.29 is 9.53 Å². The normalized spacial score (nSPS) is 11.4. The number of fused-ring (bicyclic) bond motifs is 5. The molecule has 5 heteroatoms. The van der Waals surface area contributed by atoms with Crippen LogP contribution < -0.4 is 0 Å². The fourth-order valence-corrected chi connectivity index (χ4v) is 4.10. The molecule has 29 heavy (non-hydrogen) atoms. The number of ether oxygens (including phenoxy) is 1. The van der Waals surface area contributed by atoms with Gasteiger partial charge in [-0.25, -0.2) is 9.78 Å². The summed E-state index contributed by atoms with van der Waals surface area (Å²) in [5.74, 6) is -0.334. The predicted octanol–water partition coefficient (Wildman–Crippen LogP) is 6.14. The zero-order valence-electron chi connectivity index (χ0n) is 15.7. The second-order valence-electron chi connectivity index (χ2n) is 6.76. The van der Waals surface area contributed by atoms with E-state index >= 15 is 0 Å². The maximum absolute atomic E-state index is 13.0. The van der Waals surface area contributed by atoms with Gasteiger partial charge in [0.05, 0.1) is 34.4 Å². The highest BCUT2D eigenvalue weighted by Gasteiger charge is 2.24. The molecule has 0 aliphatic heterocycles. The van der Waals surface area contributed by atoms with Crippen LogP contribution in [0.3, 0.4) is 0 Å². The molecular weight excluding hydrogens is 384 g/mol. The smallest absolute Gasteiger partial charge is 0.340 e. The van der Waals surface area contributed by atoms with Gasteiger partial charge in [-0.2, -0.15) is 0 Å². The van der Waals surface area contributed by atoms with Gasteiger partial charge in [0.15, 0.2) is 0 Å². The van der Waals surface area contributed by atoms with Crippen LogP contribution in [0.15, 0.2) is 72.9 Å². The number of carbonyl (C=O) groups is 1. The lowest BCUT2D eigenvalue weighted by Crippen LogP contribution is -2.04. The van der Waals surface area contributed by atoms with E-state index in [1.165, 1.54) is 0 Å². The summed E-state index contributed by atoms with van der Waals surface area (Å²) in [6.07, 6.45) is 1.95. The number of aromatic nitrogens is 2. The minimum Gasteiger partial charge on any atom is -0.462 e. The van der Waals surface area contributed by atoms with E-state index in [9.17, 15) is 4.79 Å². The van der Waals surface area contributed by atoms with Crippen LogP contribution in [0.4, 0.5) is 0 Å². The van der Waals surface area contributed by atoms with Gasteiger partial charge in [0, 0.05) is 27.6 Å². The number of para-hydroxylation sites is 1. The first-order chi connectivity index (χ1) is 14.2. The Bertz CT molecular complexity index is 1400. The molecule has 0 amide bonds. The molecule has 3 aromatic heterocycles. The van der Waals surface area contributed by atoms with Crippen LogP contribution >= 0.6 is 11.6 Å². The van der Waals surface area contributed by atoms with Crippen LogP contribution in [0.25, 0.3) is 38.6 Å². The van der Waals surface area contributed by atoms with Gasteiger partial charge >= 0.3 is 5.97 Å². The molecule has 2 aromatic carbocycles. The van der Waals surface area contributed by atoms with E-state index in [1.54, 1.807) is 0 Å². The average molecular weight is 401 g/mol. The number of nitrogens with zero attached hydrogens (tertiary/aromatic N) is 2. The summed E-state index contributed by atoms with van der Waals surface area (Å²) in [6, 6.07) is 21.3. The molecule has 0 fully saturated rings. The minimum absolute atomic E-state index is 0.314. The molecule has 0 saturated carbocycles. The van der Waals surface area contributed by atoms with Gasteiger partial charge < -0.3 is 9.14 Å². The number of hydrogen-bond donors (Lipinski definition) is 0. The number of pyridine rings is 2. The van der Waals surface area contributed by atoms with E-state index in [1.807, 2.05) is 84.3 Å². The molecule has 5 rings (SSSR count). The molecule has 0 aliphatic carbocycles. The Morgan fingerprint density at radius 3 is 2.72 bits per heavy atom. The summed E-state index contributed by atoms with van der Waals surface area (Å²) < 4.78 is 7.43. The molecule has 142 valence electrons. The van der Waals surface area contributed by atoms with Crippen molar-refractivity contribution >= 4 is 44.9 Å². The van der Waals surface area contributed by atoms with Crippen molar-refractivity contribution in [2.24, 2.45) is 0 Å². The lowest BCUT2D eigenvalue weighted by molar-refractivity contribution is 0.0531. The van der Waals surface area contributed by atoms with Gasteiger partial charge in [-0.1, -0.05) is 48.0 Å². The second kappa shape index (κ2) is 6.90. The monoisotopic (exact) mass is 400 g/mol. The molecule has 5 aromatic rings. The highest BCUT2D eigenvalue weighted by Crippen LogP contribution is 2.38. The Labute approximate surface area is 172 Å². The van der Waals surface area contributed by atoms with Gasteiger partial charge in [-0.05, 0) is 37.3 Å². The molecule has 3 heterocycles. The molecule has 0 bridgehead atoms. The lowest BCUT2D eigenvalue weighted by atomic mass is 10.0. The molecule has 4 nitrogen and oxygen atoms in total. The fourth-order valence-electron chi connectivity index (χ4n) is 3.91. The van der Waals surface area contributed by atoms with Crippen LogP contribution in [-0.2, 0) is 4.74 Å². The van der Waals surface area contributed by atoms with E-state index in [-0.39, 0.29) is 5.97 Å². The van der Waals surface area contributed by atoms with Crippen molar-refractivity contribution in [2.45, 2.75) is 6.92 Å². The van der Waals surface area contributed by atoms with Crippen LogP contribution in [0.2, 0.25) is 5.02 Å². The van der Waals surface area contributed by atoms with Crippen molar-refractivity contribution in [3.63, 3.8) is 0 Å². The number of rotatable bonds is 3. The fraction of sp³-hybridized carbons (Fsp3) is 0.0833. The molecule has 0 atom stereocenters. The Morgan fingerprint density at radius 1 is 1.07 bits per heavy atom. The van der Waals surface area contributed by atoms with Gasteiger partial charge in [-0.15, -0.1) is 0 Å². The highest BCUT2D eigenvalue weighted by atomic mass is 35.5. The van der Waals surface area contributed by atoms with Crippen LogP contribution in [0.5, 0.6) is 0 Å². The summed E-state index contributed by atoms with van der Waals surface area (Å²) in [7, 11) is 0. The Hall–Kier alpha value is -3.37.